The van der Waals surface area contributed by atoms with Gasteiger partial charge in [0.2, 0.25) is 0 Å². The van der Waals surface area contributed by atoms with Gasteiger partial charge >= 0.3 is 0 Å². The van der Waals surface area contributed by atoms with Crippen molar-refractivity contribution in [3.05, 3.63) is 28.8 Å². The van der Waals surface area contributed by atoms with Crippen molar-refractivity contribution in [1.29, 1.82) is 0 Å². The van der Waals surface area contributed by atoms with Crippen molar-refractivity contribution in [2.75, 3.05) is 25.9 Å². The Balaban J connectivity index is 2.12. The van der Waals surface area contributed by atoms with Gasteiger partial charge in [-0.3, -0.25) is 4.79 Å². The minimum absolute atomic E-state index is 0.0138. The summed E-state index contributed by atoms with van der Waals surface area (Å²) in [5.41, 5.74) is 6.72. The molecule has 1 unspecified atom stereocenters. The van der Waals surface area contributed by atoms with Crippen LogP contribution in [0, 0.1) is 0 Å². The van der Waals surface area contributed by atoms with Crippen LogP contribution in [0.5, 0.6) is 0 Å². The Morgan fingerprint density at radius 3 is 3.00 bits per heavy atom. The zero-order valence-electron chi connectivity index (χ0n) is 10.4. The third-order valence-corrected chi connectivity index (χ3v) is 3.59. The van der Waals surface area contributed by atoms with Gasteiger partial charge in [-0.05, 0) is 31.0 Å². The lowest BCUT2D eigenvalue weighted by Crippen LogP contribution is -2.42. The quantitative estimate of drug-likeness (QED) is 0.837. The van der Waals surface area contributed by atoms with Crippen molar-refractivity contribution >= 4 is 23.2 Å². The highest BCUT2D eigenvalue weighted by atomic mass is 35.5. The molecule has 1 aliphatic rings. The molecule has 0 aromatic heterocycles. The number of amides is 1. The Hall–Kier alpha value is -1.26. The number of likely N-dealkylation sites (tertiary alicyclic amines) is 1. The summed E-state index contributed by atoms with van der Waals surface area (Å²) in [6.07, 6.45) is 2.10. The number of methoxy groups -OCH3 is 1. The molecule has 5 heteroatoms. The molecule has 2 N–H and O–H groups in total. The second-order valence-electron chi connectivity index (χ2n) is 4.49. The molecular weight excluding hydrogens is 252 g/mol. The van der Waals surface area contributed by atoms with Gasteiger partial charge < -0.3 is 15.4 Å². The number of nitrogens with two attached hydrogens (primary N) is 1. The number of nitrogen functional groups attached to an aromatic ring is 1. The summed E-state index contributed by atoms with van der Waals surface area (Å²) in [5, 5.41) is 0.472. The van der Waals surface area contributed by atoms with E-state index < -0.39 is 0 Å². The average molecular weight is 269 g/mol. The minimum atomic E-state index is -0.0138. The number of carbonyl (C=O) groups excluding carboxylic acids is 1. The fourth-order valence-electron chi connectivity index (χ4n) is 2.17. The van der Waals surface area contributed by atoms with Crippen LogP contribution in [0.2, 0.25) is 5.02 Å². The van der Waals surface area contributed by atoms with E-state index in [0.29, 0.717) is 22.8 Å². The van der Waals surface area contributed by atoms with E-state index in [0.717, 1.165) is 19.4 Å². The summed E-state index contributed by atoms with van der Waals surface area (Å²) in [6, 6.07) is 4.99. The Bertz CT molecular complexity index is 451. The first kappa shape index (κ1) is 13.2. The van der Waals surface area contributed by atoms with Crippen molar-refractivity contribution in [3.8, 4) is 0 Å². The standard InChI is InChI=1S/C13H17ClN2O2/c1-18-10-3-2-6-16(8-10)13(17)9-4-5-11(14)12(15)7-9/h4-5,7,10H,2-3,6,8,15H2,1H3. The highest BCUT2D eigenvalue weighted by Crippen LogP contribution is 2.22. The number of nitrogens with zero attached hydrogens (tertiary/aromatic N) is 1. The molecule has 1 aromatic rings. The molecule has 98 valence electrons. The zero-order chi connectivity index (χ0) is 13.1. The molecule has 2 rings (SSSR count). The number of hydrogen-bond acceptors (Lipinski definition) is 3. The van der Waals surface area contributed by atoms with Gasteiger partial charge in [-0.1, -0.05) is 11.6 Å². The van der Waals surface area contributed by atoms with Crippen LogP contribution < -0.4 is 5.73 Å². The van der Waals surface area contributed by atoms with Gasteiger partial charge in [0, 0.05) is 25.8 Å². The lowest BCUT2D eigenvalue weighted by Gasteiger charge is -2.32. The fraction of sp³-hybridized carbons (Fsp3) is 0.462. The maximum atomic E-state index is 12.3. The van der Waals surface area contributed by atoms with Gasteiger partial charge in [-0.15, -0.1) is 0 Å². The molecule has 0 bridgehead atoms. The van der Waals surface area contributed by atoms with Gasteiger partial charge in [-0.25, -0.2) is 0 Å². The molecule has 1 aliphatic heterocycles. The number of halogens is 1. The smallest absolute Gasteiger partial charge is 0.254 e. The van der Waals surface area contributed by atoms with Crippen LogP contribution in [0.15, 0.2) is 18.2 Å². The number of carbonyl (C=O) groups is 1. The Labute approximate surface area is 112 Å². The average Bonchev–Trinajstić information content (AvgIpc) is 2.41. The highest BCUT2D eigenvalue weighted by Gasteiger charge is 2.24. The molecule has 18 heavy (non-hydrogen) atoms. The fourth-order valence-corrected chi connectivity index (χ4v) is 2.29. The lowest BCUT2D eigenvalue weighted by molar-refractivity contribution is 0.0269. The van der Waals surface area contributed by atoms with Gasteiger partial charge in [0.1, 0.15) is 0 Å². The minimum Gasteiger partial charge on any atom is -0.398 e. The van der Waals surface area contributed by atoms with Crippen LogP contribution in [0.4, 0.5) is 5.69 Å². The van der Waals surface area contributed by atoms with E-state index in [9.17, 15) is 4.79 Å². The van der Waals surface area contributed by atoms with Gasteiger partial charge in [0.05, 0.1) is 16.8 Å². The number of rotatable bonds is 2. The summed E-state index contributed by atoms with van der Waals surface area (Å²) in [6.45, 7) is 1.40. The van der Waals surface area contributed by atoms with Crippen molar-refractivity contribution in [1.82, 2.24) is 4.90 Å². The third kappa shape index (κ3) is 2.76. The maximum absolute atomic E-state index is 12.3. The van der Waals surface area contributed by atoms with Crippen molar-refractivity contribution < 1.29 is 9.53 Å². The van der Waals surface area contributed by atoms with Gasteiger partial charge in [0.15, 0.2) is 0 Å². The van der Waals surface area contributed by atoms with Crippen LogP contribution in [-0.4, -0.2) is 37.1 Å². The number of piperidine rings is 1. The normalized spacial score (nSPS) is 19.9. The molecule has 1 atom stereocenters. The second kappa shape index (κ2) is 5.59. The van der Waals surface area contributed by atoms with E-state index in [1.165, 1.54) is 0 Å². The molecule has 0 saturated carbocycles. The lowest BCUT2D eigenvalue weighted by atomic mass is 10.1. The van der Waals surface area contributed by atoms with E-state index in [4.69, 9.17) is 22.1 Å². The van der Waals surface area contributed by atoms with Crippen LogP contribution in [0.25, 0.3) is 0 Å². The van der Waals surface area contributed by atoms with Gasteiger partial charge in [-0.2, -0.15) is 0 Å². The third-order valence-electron chi connectivity index (χ3n) is 3.24. The Kier molecular flexibility index (Phi) is 4.09. The molecule has 1 fully saturated rings. The van der Waals surface area contributed by atoms with Crippen molar-refractivity contribution in [3.63, 3.8) is 0 Å². The predicted octanol–water partition coefficient (Wildman–Crippen LogP) is 2.17. The number of anilines is 1. The second-order valence-corrected chi connectivity index (χ2v) is 4.89. The number of benzene rings is 1. The van der Waals surface area contributed by atoms with Crippen LogP contribution >= 0.6 is 11.6 Å². The van der Waals surface area contributed by atoms with Crippen molar-refractivity contribution in [2.45, 2.75) is 18.9 Å². The summed E-state index contributed by atoms with van der Waals surface area (Å²) in [4.78, 5) is 14.1. The molecule has 1 saturated heterocycles. The van der Waals surface area contributed by atoms with E-state index in [2.05, 4.69) is 0 Å². The van der Waals surface area contributed by atoms with E-state index in [1.807, 2.05) is 0 Å². The first-order valence-electron chi connectivity index (χ1n) is 5.99. The first-order valence-corrected chi connectivity index (χ1v) is 6.36. The van der Waals surface area contributed by atoms with Gasteiger partial charge in [0.25, 0.3) is 5.91 Å². The topological polar surface area (TPSA) is 55.6 Å². The van der Waals surface area contributed by atoms with E-state index >= 15 is 0 Å². The highest BCUT2D eigenvalue weighted by molar-refractivity contribution is 6.33. The predicted molar refractivity (Wildman–Crippen MR) is 71.8 cm³/mol. The number of hydrogen-bond donors (Lipinski definition) is 1. The molecule has 1 aromatic carbocycles. The molecule has 4 nitrogen and oxygen atoms in total. The van der Waals surface area contributed by atoms with Crippen LogP contribution in [0.1, 0.15) is 23.2 Å². The summed E-state index contributed by atoms with van der Waals surface area (Å²) < 4.78 is 5.31. The molecule has 0 spiro atoms. The molecule has 0 aliphatic carbocycles. The summed E-state index contributed by atoms with van der Waals surface area (Å²) in [5.74, 6) is -0.0138. The van der Waals surface area contributed by atoms with Crippen LogP contribution in [0.3, 0.4) is 0 Å². The molecule has 0 radical (unpaired) electrons. The first-order chi connectivity index (χ1) is 8.61. The Morgan fingerprint density at radius 1 is 1.56 bits per heavy atom. The van der Waals surface area contributed by atoms with E-state index in [-0.39, 0.29) is 12.0 Å². The van der Waals surface area contributed by atoms with Crippen LogP contribution in [-0.2, 0) is 4.74 Å². The van der Waals surface area contributed by atoms with Crippen molar-refractivity contribution in [2.24, 2.45) is 0 Å². The van der Waals surface area contributed by atoms with E-state index in [1.54, 1.807) is 30.2 Å². The SMILES string of the molecule is COC1CCCN(C(=O)c2ccc(Cl)c(N)c2)C1. The maximum Gasteiger partial charge on any atom is 0.254 e. The Morgan fingerprint density at radius 2 is 2.33 bits per heavy atom. The number of ether oxygens (including phenoxy) is 1. The summed E-state index contributed by atoms with van der Waals surface area (Å²) in [7, 11) is 1.68. The largest absolute Gasteiger partial charge is 0.398 e. The summed E-state index contributed by atoms with van der Waals surface area (Å²) >= 11 is 5.85. The molecule has 1 amide bonds. The zero-order valence-corrected chi connectivity index (χ0v) is 11.1. The molecular formula is C13H17ClN2O2. The molecule has 1 heterocycles. The monoisotopic (exact) mass is 268 g/mol.